The van der Waals surface area contributed by atoms with E-state index in [1.54, 1.807) is 0 Å². The maximum absolute atomic E-state index is 10.6. The van der Waals surface area contributed by atoms with Crippen LogP contribution in [0.1, 0.15) is 6.42 Å². The van der Waals surface area contributed by atoms with Crippen molar-refractivity contribution < 1.29 is 17.9 Å². The molecule has 8 heteroatoms. The lowest BCUT2D eigenvalue weighted by atomic mass is 10.2. The molecular formula is C5H13ClN2O4S. The summed E-state index contributed by atoms with van der Waals surface area (Å²) in [7, 11) is -2.37. The second-order valence-corrected chi connectivity index (χ2v) is 4.02. The van der Waals surface area contributed by atoms with E-state index >= 15 is 0 Å². The quantitative estimate of drug-likeness (QED) is 0.578. The van der Waals surface area contributed by atoms with Gasteiger partial charge >= 0.3 is 5.97 Å². The van der Waals surface area contributed by atoms with Gasteiger partial charge in [-0.1, -0.05) is 0 Å². The average Bonchev–Trinajstić information content (AvgIpc) is 1.97. The van der Waals surface area contributed by atoms with Gasteiger partial charge in [-0.15, -0.1) is 12.4 Å². The van der Waals surface area contributed by atoms with Gasteiger partial charge in [0.15, 0.2) is 0 Å². The van der Waals surface area contributed by atoms with Gasteiger partial charge in [0.1, 0.15) is 6.04 Å². The van der Waals surface area contributed by atoms with Gasteiger partial charge in [-0.05, 0) is 6.42 Å². The minimum absolute atomic E-state index is 0. The van der Waals surface area contributed by atoms with Crippen molar-refractivity contribution >= 4 is 28.4 Å². The molecule has 13 heavy (non-hydrogen) atoms. The van der Waals surface area contributed by atoms with Gasteiger partial charge in [0.25, 0.3) is 0 Å². The molecule has 4 N–H and O–H groups in total. The van der Waals surface area contributed by atoms with E-state index in [9.17, 15) is 13.2 Å². The SMILES string of the molecule is COC(=O)[C@@H](N)CCS(N)(=O)=O.Cl. The van der Waals surface area contributed by atoms with Crippen LogP contribution in [0.2, 0.25) is 0 Å². The summed E-state index contributed by atoms with van der Waals surface area (Å²) in [4.78, 5) is 10.6. The molecule has 0 radical (unpaired) electrons. The van der Waals surface area contributed by atoms with Gasteiger partial charge in [-0.3, -0.25) is 4.79 Å². The molecule has 0 unspecified atom stereocenters. The first-order chi connectivity index (χ1) is 5.37. The molecule has 0 fully saturated rings. The van der Waals surface area contributed by atoms with Crippen LogP contribution in [0.25, 0.3) is 0 Å². The fraction of sp³-hybridized carbons (Fsp3) is 0.800. The number of halogens is 1. The maximum atomic E-state index is 10.6. The Balaban J connectivity index is 0. The van der Waals surface area contributed by atoms with Crippen LogP contribution in [0, 0.1) is 0 Å². The van der Waals surface area contributed by atoms with Crippen LogP contribution in [0.3, 0.4) is 0 Å². The number of ether oxygens (including phenoxy) is 1. The number of nitrogens with two attached hydrogens (primary N) is 2. The number of sulfonamides is 1. The van der Waals surface area contributed by atoms with Gasteiger partial charge in [0.05, 0.1) is 12.9 Å². The number of carbonyl (C=O) groups is 1. The first-order valence-corrected chi connectivity index (χ1v) is 4.92. The molecular weight excluding hydrogens is 220 g/mol. The summed E-state index contributed by atoms with van der Waals surface area (Å²) in [6, 6.07) is -0.923. The van der Waals surface area contributed by atoms with Crippen molar-refractivity contribution in [3.63, 3.8) is 0 Å². The molecule has 80 valence electrons. The minimum Gasteiger partial charge on any atom is -0.468 e. The van der Waals surface area contributed by atoms with Crippen LogP contribution in [0.5, 0.6) is 0 Å². The van der Waals surface area contributed by atoms with Gasteiger partial charge in [0.2, 0.25) is 10.0 Å². The predicted octanol–water partition coefficient (Wildman–Crippen LogP) is -1.41. The lowest BCUT2D eigenvalue weighted by Crippen LogP contribution is -2.34. The van der Waals surface area contributed by atoms with E-state index in [1.165, 1.54) is 7.11 Å². The first kappa shape index (κ1) is 15.1. The number of carbonyl (C=O) groups excluding carboxylic acids is 1. The van der Waals surface area contributed by atoms with E-state index in [0.29, 0.717) is 0 Å². The van der Waals surface area contributed by atoms with Crippen molar-refractivity contribution in [3.05, 3.63) is 0 Å². The fourth-order valence-electron chi connectivity index (χ4n) is 0.560. The number of primary sulfonamides is 1. The molecule has 0 aliphatic rings. The zero-order valence-corrected chi connectivity index (χ0v) is 8.73. The van der Waals surface area contributed by atoms with Crippen LogP contribution in [-0.2, 0) is 19.6 Å². The number of hydrogen-bond donors (Lipinski definition) is 2. The molecule has 0 spiro atoms. The molecule has 0 aromatic heterocycles. The molecule has 0 saturated heterocycles. The zero-order chi connectivity index (χ0) is 9.78. The Morgan fingerprint density at radius 1 is 1.54 bits per heavy atom. The Morgan fingerprint density at radius 3 is 2.31 bits per heavy atom. The Hall–Kier alpha value is -0.370. The zero-order valence-electron chi connectivity index (χ0n) is 7.10. The third kappa shape index (κ3) is 7.97. The van der Waals surface area contributed by atoms with Crippen molar-refractivity contribution in [2.45, 2.75) is 12.5 Å². The number of rotatable bonds is 4. The lowest BCUT2D eigenvalue weighted by Gasteiger charge is -2.06. The van der Waals surface area contributed by atoms with Gasteiger partial charge in [-0.2, -0.15) is 0 Å². The summed E-state index contributed by atoms with van der Waals surface area (Å²) in [5, 5.41) is 4.69. The third-order valence-electron chi connectivity index (χ3n) is 1.22. The minimum atomic E-state index is -3.55. The highest BCUT2D eigenvalue weighted by atomic mass is 35.5. The summed E-state index contributed by atoms with van der Waals surface area (Å²) in [5.74, 6) is -0.956. The van der Waals surface area contributed by atoms with Crippen LogP contribution < -0.4 is 10.9 Å². The largest absolute Gasteiger partial charge is 0.468 e. The second kappa shape index (κ2) is 6.14. The summed E-state index contributed by atoms with van der Waals surface area (Å²) in [5.41, 5.74) is 5.24. The summed E-state index contributed by atoms with van der Waals surface area (Å²) >= 11 is 0. The molecule has 0 amide bonds. The topological polar surface area (TPSA) is 112 Å². The maximum Gasteiger partial charge on any atom is 0.322 e. The van der Waals surface area contributed by atoms with Crippen LogP contribution in [-0.4, -0.2) is 33.3 Å². The molecule has 0 saturated carbocycles. The van der Waals surface area contributed by atoms with E-state index < -0.39 is 22.0 Å². The molecule has 0 aliphatic heterocycles. The van der Waals surface area contributed by atoms with Gasteiger partial charge < -0.3 is 10.5 Å². The van der Waals surface area contributed by atoms with Crippen LogP contribution in [0.15, 0.2) is 0 Å². The summed E-state index contributed by atoms with van der Waals surface area (Å²) in [6.07, 6.45) is -0.0223. The molecule has 1 atom stereocenters. The fourth-order valence-corrected chi connectivity index (χ4v) is 1.14. The van der Waals surface area contributed by atoms with E-state index in [1.807, 2.05) is 0 Å². The standard InChI is InChI=1S/C5H12N2O4S.ClH/c1-11-5(8)4(6)2-3-12(7,9)10;/h4H,2-3,6H2,1H3,(H2,7,9,10);1H/t4-;/m0./s1. The Bertz CT molecular complexity index is 253. The number of methoxy groups -OCH3 is 1. The smallest absolute Gasteiger partial charge is 0.322 e. The molecule has 0 aromatic rings. The summed E-state index contributed by atoms with van der Waals surface area (Å²) < 4.78 is 25.1. The Labute approximate surface area is 83.1 Å². The van der Waals surface area contributed by atoms with Crippen molar-refractivity contribution in [2.24, 2.45) is 10.9 Å². The first-order valence-electron chi connectivity index (χ1n) is 3.20. The molecule has 6 nitrogen and oxygen atoms in total. The molecule has 0 aliphatic carbocycles. The Morgan fingerprint density at radius 2 is 2.00 bits per heavy atom. The molecule has 0 aromatic carbocycles. The monoisotopic (exact) mass is 232 g/mol. The predicted molar refractivity (Wildman–Crippen MR) is 49.8 cm³/mol. The van der Waals surface area contributed by atoms with Crippen molar-refractivity contribution in [2.75, 3.05) is 12.9 Å². The van der Waals surface area contributed by atoms with Crippen molar-refractivity contribution in [1.29, 1.82) is 0 Å². The van der Waals surface area contributed by atoms with Crippen molar-refractivity contribution in [1.82, 2.24) is 0 Å². The Kier molecular flexibility index (Phi) is 7.14. The highest BCUT2D eigenvalue weighted by Crippen LogP contribution is 1.93. The van der Waals surface area contributed by atoms with E-state index in [-0.39, 0.29) is 24.6 Å². The molecule has 0 rings (SSSR count). The number of esters is 1. The van der Waals surface area contributed by atoms with E-state index in [0.717, 1.165) is 0 Å². The summed E-state index contributed by atoms with van der Waals surface area (Å²) in [6.45, 7) is 0. The van der Waals surface area contributed by atoms with Crippen molar-refractivity contribution in [3.8, 4) is 0 Å². The normalized spacial score (nSPS) is 12.8. The second-order valence-electron chi connectivity index (χ2n) is 2.29. The highest BCUT2D eigenvalue weighted by molar-refractivity contribution is 7.89. The lowest BCUT2D eigenvalue weighted by molar-refractivity contribution is -0.142. The average molecular weight is 233 g/mol. The molecule has 0 bridgehead atoms. The van der Waals surface area contributed by atoms with Gasteiger partial charge in [-0.25, -0.2) is 13.6 Å². The van der Waals surface area contributed by atoms with E-state index in [4.69, 9.17) is 5.73 Å². The molecule has 0 heterocycles. The van der Waals surface area contributed by atoms with Crippen LogP contribution >= 0.6 is 12.4 Å². The van der Waals surface area contributed by atoms with E-state index in [2.05, 4.69) is 9.88 Å². The highest BCUT2D eigenvalue weighted by Gasteiger charge is 2.15. The number of hydrogen-bond acceptors (Lipinski definition) is 5. The third-order valence-corrected chi connectivity index (χ3v) is 2.02. The van der Waals surface area contributed by atoms with Gasteiger partial charge in [0, 0.05) is 0 Å². The van der Waals surface area contributed by atoms with Crippen LogP contribution in [0.4, 0.5) is 0 Å².